The van der Waals surface area contributed by atoms with Crippen molar-refractivity contribution < 1.29 is 18.4 Å². The maximum Gasteiger partial charge on any atom is 0.269 e. The summed E-state index contributed by atoms with van der Waals surface area (Å²) >= 11 is 8.64. The zero-order chi connectivity index (χ0) is 14.8. The summed E-state index contributed by atoms with van der Waals surface area (Å²) in [5.41, 5.74) is -0.219. The number of hydrogen-bond acceptors (Lipinski definition) is 5. The second-order valence-corrected chi connectivity index (χ2v) is 9.22. The lowest BCUT2D eigenvalue weighted by Crippen LogP contribution is -2.34. The van der Waals surface area contributed by atoms with Crippen molar-refractivity contribution in [3.63, 3.8) is 0 Å². The van der Waals surface area contributed by atoms with Gasteiger partial charge in [-0.3, -0.25) is 10.1 Å². The molecule has 19 heavy (non-hydrogen) atoms. The number of halogens is 2. The molecule has 0 fully saturated rings. The quantitative estimate of drug-likeness (QED) is 0.486. The molecule has 6 nitrogen and oxygen atoms in total. The number of nitro groups is 1. The maximum absolute atomic E-state index is 11.8. The van der Waals surface area contributed by atoms with Crippen molar-refractivity contribution in [2.45, 2.75) is 16.1 Å². The molecule has 0 unspecified atom stereocenters. The Kier molecular flexibility index (Phi) is 4.94. The molecular formula is C10H11BrClNO5S. The van der Waals surface area contributed by atoms with E-state index >= 15 is 0 Å². The number of non-ortho nitro benzene ring substituents is 1. The predicted octanol–water partition coefficient (Wildman–Crippen LogP) is 2.35. The Morgan fingerprint density at radius 1 is 1.58 bits per heavy atom. The molecule has 1 rings (SSSR count). The van der Waals surface area contributed by atoms with Crippen molar-refractivity contribution in [1.29, 1.82) is 0 Å². The van der Waals surface area contributed by atoms with Gasteiger partial charge < -0.3 is 5.11 Å². The molecule has 0 saturated heterocycles. The van der Waals surface area contributed by atoms with Gasteiger partial charge >= 0.3 is 0 Å². The molecule has 9 heteroatoms. The summed E-state index contributed by atoms with van der Waals surface area (Å²) in [4.78, 5) is 10.00. The van der Waals surface area contributed by atoms with Crippen LogP contribution in [0.1, 0.15) is 18.6 Å². The third-order valence-electron chi connectivity index (χ3n) is 2.51. The Labute approximate surface area is 123 Å². The molecule has 106 valence electrons. The van der Waals surface area contributed by atoms with Gasteiger partial charge in [-0.2, -0.15) is 0 Å². The molecular weight excluding hydrogens is 362 g/mol. The van der Waals surface area contributed by atoms with Gasteiger partial charge in [0.15, 0.2) is 9.84 Å². The van der Waals surface area contributed by atoms with E-state index in [0.29, 0.717) is 0 Å². The van der Waals surface area contributed by atoms with Gasteiger partial charge in [0.25, 0.3) is 5.69 Å². The Hall–Kier alpha value is -0.700. The summed E-state index contributed by atoms with van der Waals surface area (Å²) in [5, 5.41) is 20.7. The first-order chi connectivity index (χ1) is 8.63. The molecule has 0 aliphatic carbocycles. The average Bonchev–Trinajstić information content (AvgIpc) is 2.37. The summed E-state index contributed by atoms with van der Waals surface area (Å²) < 4.78 is 21.4. The zero-order valence-electron chi connectivity index (χ0n) is 9.79. The van der Waals surface area contributed by atoms with Crippen LogP contribution < -0.4 is 0 Å². The first-order valence-corrected chi connectivity index (χ1v) is 7.98. The first kappa shape index (κ1) is 16.4. The lowest BCUT2D eigenvalue weighted by Gasteiger charge is -2.25. The van der Waals surface area contributed by atoms with Gasteiger partial charge in [-0.05, 0) is 21.5 Å². The van der Waals surface area contributed by atoms with Crippen LogP contribution in [0.25, 0.3) is 0 Å². The van der Waals surface area contributed by atoms with E-state index in [4.69, 9.17) is 11.6 Å². The van der Waals surface area contributed by atoms with Gasteiger partial charge in [0, 0.05) is 12.1 Å². The number of alkyl halides is 2. The number of nitrogens with zero attached hydrogens (tertiary/aromatic N) is 1. The molecule has 0 bridgehead atoms. The summed E-state index contributed by atoms with van der Waals surface area (Å²) in [6, 6.07) is 5.01. The molecule has 0 spiro atoms. The third-order valence-corrected chi connectivity index (χ3v) is 7.15. The van der Waals surface area contributed by atoms with E-state index in [9.17, 15) is 23.6 Å². The van der Waals surface area contributed by atoms with Crippen LogP contribution in [0.4, 0.5) is 5.69 Å². The zero-order valence-corrected chi connectivity index (χ0v) is 12.9. The molecule has 2 atom stereocenters. The van der Waals surface area contributed by atoms with Crippen LogP contribution in [-0.2, 0) is 9.84 Å². The van der Waals surface area contributed by atoms with Crippen molar-refractivity contribution in [3.8, 4) is 0 Å². The number of rotatable bonds is 5. The van der Waals surface area contributed by atoms with Crippen LogP contribution in [0, 0.1) is 10.1 Å². The van der Waals surface area contributed by atoms with E-state index in [1.54, 1.807) is 0 Å². The summed E-state index contributed by atoms with van der Waals surface area (Å²) in [6.07, 6.45) is -1.64. The topological polar surface area (TPSA) is 97.5 Å². The minimum atomic E-state index is -3.82. The van der Waals surface area contributed by atoms with E-state index in [1.807, 2.05) is 0 Å². The maximum atomic E-state index is 11.8. The highest BCUT2D eigenvalue weighted by molar-refractivity contribution is 9.12. The number of aliphatic hydroxyl groups is 1. The molecule has 1 aromatic rings. The van der Waals surface area contributed by atoms with Crippen molar-refractivity contribution >= 4 is 43.1 Å². The largest absolute Gasteiger partial charge is 0.385 e. The molecule has 1 aromatic carbocycles. The fourth-order valence-electron chi connectivity index (χ4n) is 1.36. The lowest BCUT2D eigenvalue weighted by atomic mass is 10.1. The van der Waals surface area contributed by atoms with Crippen LogP contribution in [0.2, 0.25) is 0 Å². The van der Waals surface area contributed by atoms with Crippen molar-refractivity contribution in [1.82, 2.24) is 0 Å². The summed E-state index contributed by atoms with van der Waals surface area (Å²) in [5.74, 6) is -0.284. The van der Waals surface area contributed by atoms with Gasteiger partial charge in [0.1, 0.15) is 6.10 Å². The lowest BCUT2D eigenvalue weighted by molar-refractivity contribution is -0.385. The van der Waals surface area contributed by atoms with E-state index in [1.165, 1.54) is 25.1 Å². The normalized spacial score (nSPS) is 16.6. The highest BCUT2D eigenvalue weighted by Crippen LogP contribution is 2.43. The van der Waals surface area contributed by atoms with Crippen LogP contribution in [0.5, 0.6) is 0 Å². The Morgan fingerprint density at radius 2 is 2.16 bits per heavy atom. The Balaban J connectivity index is 3.24. The van der Waals surface area contributed by atoms with E-state index in [0.717, 1.165) is 6.07 Å². The van der Waals surface area contributed by atoms with Gasteiger partial charge in [-0.25, -0.2) is 8.42 Å². The molecule has 0 radical (unpaired) electrons. The molecule has 0 aliphatic rings. The second kappa shape index (κ2) is 5.74. The molecule has 1 N–H and O–H groups in total. The van der Waals surface area contributed by atoms with Crippen LogP contribution >= 0.6 is 27.5 Å². The van der Waals surface area contributed by atoms with Gasteiger partial charge in [0.05, 0.1) is 10.7 Å². The highest BCUT2D eigenvalue weighted by atomic mass is 79.9. The fraction of sp³-hybridized carbons (Fsp3) is 0.400. The number of benzene rings is 1. The SMILES string of the molecule is CCS(=O)(=O)[C@](Cl)(Br)[C@@H](O)c1cccc([N+](=O)[O-])c1. The highest BCUT2D eigenvalue weighted by Gasteiger charge is 2.46. The molecule has 0 aliphatic heterocycles. The minimum absolute atomic E-state index is 0.0399. The van der Waals surface area contributed by atoms with Crippen LogP contribution in [-0.4, -0.2) is 27.3 Å². The predicted molar refractivity (Wildman–Crippen MR) is 75.0 cm³/mol. The molecule has 0 saturated carbocycles. The second-order valence-electron chi connectivity index (χ2n) is 3.72. The number of hydrogen-bond donors (Lipinski definition) is 1. The number of aliphatic hydroxyl groups excluding tert-OH is 1. The van der Waals surface area contributed by atoms with Gasteiger partial charge in [-0.15, -0.1) is 0 Å². The number of nitro benzene ring substituents is 1. The standard InChI is InChI=1S/C10H11BrClNO5S/c1-2-19(17,18)10(11,12)9(14)7-4-3-5-8(6-7)13(15)16/h3-6,9,14H,2H2,1H3/t9-,10-/m0/s1. The smallest absolute Gasteiger partial charge is 0.269 e. The van der Waals surface area contributed by atoms with Crippen molar-refractivity contribution in [2.24, 2.45) is 0 Å². The van der Waals surface area contributed by atoms with Gasteiger partial charge in [0.2, 0.25) is 3.12 Å². The summed E-state index contributed by atoms with van der Waals surface area (Å²) in [7, 11) is -3.82. The number of sulfone groups is 1. The monoisotopic (exact) mass is 371 g/mol. The average molecular weight is 373 g/mol. The first-order valence-electron chi connectivity index (χ1n) is 5.16. The summed E-state index contributed by atoms with van der Waals surface area (Å²) in [6.45, 7) is 1.38. The Bertz CT molecular complexity index is 589. The van der Waals surface area contributed by atoms with Crippen LogP contribution in [0.3, 0.4) is 0 Å². The van der Waals surface area contributed by atoms with E-state index in [-0.39, 0.29) is 17.0 Å². The van der Waals surface area contributed by atoms with Crippen LogP contribution in [0.15, 0.2) is 24.3 Å². The Morgan fingerprint density at radius 3 is 2.63 bits per heavy atom. The van der Waals surface area contributed by atoms with Crippen molar-refractivity contribution in [3.05, 3.63) is 39.9 Å². The fourth-order valence-corrected chi connectivity index (χ4v) is 3.63. The molecule has 0 amide bonds. The third kappa shape index (κ3) is 3.25. The molecule has 0 aromatic heterocycles. The molecule has 0 heterocycles. The van der Waals surface area contributed by atoms with E-state index in [2.05, 4.69) is 15.9 Å². The minimum Gasteiger partial charge on any atom is -0.385 e. The van der Waals surface area contributed by atoms with Gasteiger partial charge in [-0.1, -0.05) is 30.7 Å². The van der Waals surface area contributed by atoms with Crippen molar-refractivity contribution in [2.75, 3.05) is 5.75 Å². The van der Waals surface area contributed by atoms with E-state index < -0.39 is 24.0 Å².